The highest BCUT2D eigenvalue weighted by molar-refractivity contribution is 7.88. The van der Waals surface area contributed by atoms with E-state index in [0.29, 0.717) is 17.1 Å². The topological polar surface area (TPSA) is 97.3 Å². The summed E-state index contributed by atoms with van der Waals surface area (Å²) in [6, 6.07) is 14.0. The first-order chi connectivity index (χ1) is 14.3. The highest BCUT2D eigenvalue weighted by Gasteiger charge is 2.31. The van der Waals surface area contributed by atoms with Gasteiger partial charge in [0.15, 0.2) is 0 Å². The Morgan fingerprint density at radius 1 is 1.10 bits per heavy atom. The van der Waals surface area contributed by atoms with Gasteiger partial charge in [-0.3, -0.25) is 4.79 Å². The molecule has 9 heteroatoms. The molecule has 0 bridgehead atoms. The normalized spacial score (nSPS) is 16.2. The van der Waals surface area contributed by atoms with Crippen LogP contribution in [0.1, 0.15) is 24.1 Å². The molecule has 30 heavy (non-hydrogen) atoms. The van der Waals surface area contributed by atoms with E-state index in [4.69, 9.17) is 9.47 Å². The minimum Gasteiger partial charge on any atom is -0.497 e. The van der Waals surface area contributed by atoms with Crippen molar-refractivity contribution < 1.29 is 22.7 Å². The van der Waals surface area contributed by atoms with Crippen LogP contribution in [-0.2, 0) is 15.0 Å². The molecule has 0 aromatic heterocycles. The van der Waals surface area contributed by atoms with Crippen LogP contribution >= 0.6 is 0 Å². The van der Waals surface area contributed by atoms with Gasteiger partial charge in [-0.1, -0.05) is 30.3 Å². The molecule has 2 aromatic rings. The first-order valence-electron chi connectivity index (χ1n) is 9.15. The zero-order valence-corrected chi connectivity index (χ0v) is 17.9. The van der Waals surface area contributed by atoms with Crippen LogP contribution in [0.2, 0.25) is 0 Å². The van der Waals surface area contributed by atoms with Gasteiger partial charge in [-0.2, -0.15) is 8.42 Å². The van der Waals surface area contributed by atoms with Crippen molar-refractivity contribution in [1.82, 2.24) is 9.62 Å². The summed E-state index contributed by atoms with van der Waals surface area (Å²) in [4.78, 5) is 12.9. The number of hydrogen-bond acceptors (Lipinski definition) is 5. The van der Waals surface area contributed by atoms with Crippen molar-refractivity contribution in [1.29, 1.82) is 0 Å². The van der Waals surface area contributed by atoms with Gasteiger partial charge in [0.1, 0.15) is 17.2 Å². The number of hydrogen-bond donors (Lipinski definition) is 1. The minimum atomic E-state index is -4.10. The first-order valence-corrected chi connectivity index (χ1v) is 10.5. The number of amides is 1. The van der Waals surface area contributed by atoms with Crippen LogP contribution < -0.4 is 14.8 Å². The lowest BCUT2D eigenvalue weighted by Crippen LogP contribution is -2.39. The lowest BCUT2D eigenvalue weighted by atomic mass is 10.1. The van der Waals surface area contributed by atoms with Gasteiger partial charge < -0.3 is 14.8 Å². The van der Waals surface area contributed by atoms with Crippen LogP contribution in [0, 0.1) is 0 Å². The second kappa shape index (κ2) is 8.58. The molecule has 0 saturated heterocycles. The second-order valence-corrected chi connectivity index (χ2v) is 8.25. The van der Waals surface area contributed by atoms with E-state index in [1.165, 1.54) is 27.3 Å². The van der Waals surface area contributed by atoms with Crippen molar-refractivity contribution in [3.63, 3.8) is 0 Å². The zero-order chi connectivity index (χ0) is 21.9. The third-order valence-electron chi connectivity index (χ3n) is 4.73. The van der Waals surface area contributed by atoms with E-state index < -0.39 is 16.1 Å². The largest absolute Gasteiger partial charge is 0.497 e. The molecule has 0 aliphatic carbocycles. The number of carbonyl (C=O) groups excluding carboxylic acids is 1. The summed E-state index contributed by atoms with van der Waals surface area (Å²) in [5.74, 6) is 0.372. The third kappa shape index (κ3) is 4.30. The molecule has 1 heterocycles. The van der Waals surface area contributed by atoms with E-state index in [1.807, 2.05) is 37.3 Å². The van der Waals surface area contributed by atoms with Gasteiger partial charge in [-0.05, 0) is 36.8 Å². The van der Waals surface area contributed by atoms with Gasteiger partial charge >= 0.3 is 10.2 Å². The van der Waals surface area contributed by atoms with E-state index in [2.05, 4.69) is 9.71 Å². The first kappa shape index (κ1) is 21.4. The van der Waals surface area contributed by atoms with Gasteiger partial charge in [-0.25, -0.2) is 4.31 Å². The standard InChI is InChI=1S/C21H23N3O5S/c1-14(15-8-6-5-7-9-15)22-21(25)19-13-18(23-30(26,27)24(19)2)17-12-16(28-3)10-11-20(17)29-4/h5-14H,1-4H3,(H,22,25)/t14-/m0/s1. The van der Waals surface area contributed by atoms with Gasteiger partial charge in [-0.15, -0.1) is 4.40 Å². The smallest absolute Gasteiger partial charge is 0.345 e. The number of nitrogens with one attached hydrogen (secondary N) is 1. The summed E-state index contributed by atoms with van der Waals surface area (Å²) < 4.78 is 40.5. The third-order valence-corrected chi connectivity index (χ3v) is 6.05. The van der Waals surface area contributed by atoms with Crippen molar-refractivity contribution in [3.05, 3.63) is 71.4 Å². The maximum Gasteiger partial charge on any atom is 0.345 e. The van der Waals surface area contributed by atoms with E-state index in [9.17, 15) is 13.2 Å². The van der Waals surface area contributed by atoms with Crippen LogP contribution in [-0.4, -0.2) is 45.6 Å². The number of benzene rings is 2. The molecule has 1 aliphatic heterocycles. The molecule has 2 aromatic carbocycles. The van der Waals surface area contributed by atoms with E-state index in [1.54, 1.807) is 18.2 Å². The van der Waals surface area contributed by atoms with Crippen molar-refractivity contribution in [2.75, 3.05) is 21.3 Å². The molecule has 0 radical (unpaired) electrons. The van der Waals surface area contributed by atoms with Gasteiger partial charge in [0, 0.05) is 12.6 Å². The molecule has 0 fully saturated rings. The molecule has 1 aliphatic rings. The predicted octanol–water partition coefficient (Wildman–Crippen LogP) is 2.44. The summed E-state index contributed by atoms with van der Waals surface area (Å²) >= 11 is 0. The number of rotatable bonds is 6. The van der Waals surface area contributed by atoms with Crippen LogP contribution in [0.25, 0.3) is 0 Å². The Morgan fingerprint density at radius 3 is 2.43 bits per heavy atom. The van der Waals surface area contributed by atoms with E-state index in [0.717, 1.165) is 9.87 Å². The number of carbonyl (C=O) groups is 1. The highest BCUT2D eigenvalue weighted by atomic mass is 32.2. The van der Waals surface area contributed by atoms with Gasteiger partial charge in [0.05, 0.1) is 26.0 Å². The fourth-order valence-electron chi connectivity index (χ4n) is 3.00. The SMILES string of the molecule is COc1ccc(OC)c(C2=NS(=O)(=O)N(C)C(C(=O)N[C@@H](C)c3ccccc3)=C2)c1. The number of ether oxygens (including phenoxy) is 2. The fraction of sp³-hybridized carbons (Fsp3) is 0.238. The average molecular weight is 429 g/mol. The molecule has 3 rings (SSSR count). The maximum atomic E-state index is 12.9. The summed E-state index contributed by atoms with van der Waals surface area (Å²) in [6.07, 6.45) is 1.42. The summed E-state index contributed by atoms with van der Waals surface area (Å²) in [5.41, 5.74) is 1.33. The Hall–Kier alpha value is -3.33. The van der Waals surface area contributed by atoms with Crippen molar-refractivity contribution in [3.8, 4) is 11.5 Å². The van der Waals surface area contributed by atoms with Gasteiger partial charge in [0.2, 0.25) is 0 Å². The molecule has 0 spiro atoms. The fourth-order valence-corrected chi connectivity index (χ4v) is 3.91. The van der Waals surface area contributed by atoms with Crippen LogP contribution in [0.5, 0.6) is 11.5 Å². The molecular formula is C21H23N3O5S. The molecule has 158 valence electrons. The Morgan fingerprint density at radius 2 is 1.80 bits per heavy atom. The monoisotopic (exact) mass is 429 g/mol. The maximum absolute atomic E-state index is 12.9. The number of methoxy groups -OCH3 is 2. The van der Waals surface area contributed by atoms with Crippen molar-refractivity contribution in [2.45, 2.75) is 13.0 Å². The summed E-state index contributed by atoms with van der Waals surface area (Å²) in [7, 11) is 0.152. The quantitative estimate of drug-likeness (QED) is 0.761. The van der Waals surface area contributed by atoms with E-state index in [-0.39, 0.29) is 17.5 Å². The molecule has 0 unspecified atom stereocenters. The van der Waals surface area contributed by atoms with Crippen LogP contribution in [0.15, 0.2) is 64.7 Å². The highest BCUT2D eigenvalue weighted by Crippen LogP contribution is 2.29. The number of nitrogens with zero attached hydrogens (tertiary/aromatic N) is 2. The summed E-state index contributed by atoms with van der Waals surface area (Å²) in [5, 5.41) is 2.83. The second-order valence-electron chi connectivity index (χ2n) is 6.62. The lowest BCUT2D eigenvalue weighted by molar-refractivity contribution is -0.119. The zero-order valence-electron chi connectivity index (χ0n) is 17.1. The van der Waals surface area contributed by atoms with Crippen molar-refractivity contribution in [2.24, 2.45) is 4.40 Å². The average Bonchev–Trinajstić information content (AvgIpc) is 2.75. The Bertz CT molecular complexity index is 1110. The van der Waals surface area contributed by atoms with E-state index >= 15 is 0 Å². The molecule has 1 atom stereocenters. The summed E-state index contributed by atoms with van der Waals surface area (Å²) in [6.45, 7) is 1.82. The Kier molecular flexibility index (Phi) is 6.12. The molecule has 0 saturated carbocycles. The molecule has 1 N–H and O–H groups in total. The Balaban J connectivity index is 2.00. The number of allylic oxidation sites excluding steroid dienone is 1. The molecule has 1 amide bonds. The predicted molar refractivity (Wildman–Crippen MR) is 114 cm³/mol. The molecule has 8 nitrogen and oxygen atoms in total. The van der Waals surface area contributed by atoms with Crippen LogP contribution in [0.4, 0.5) is 0 Å². The van der Waals surface area contributed by atoms with Crippen molar-refractivity contribution >= 4 is 21.8 Å². The lowest BCUT2D eigenvalue weighted by Gasteiger charge is -2.25. The molecular weight excluding hydrogens is 406 g/mol. The van der Waals surface area contributed by atoms with Crippen LogP contribution in [0.3, 0.4) is 0 Å². The Labute approximate surface area is 176 Å². The number of likely N-dealkylation sites (N-methyl/N-ethyl adjacent to an activating group) is 1. The van der Waals surface area contributed by atoms with Gasteiger partial charge in [0.25, 0.3) is 5.91 Å². The minimum absolute atomic E-state index is 0.0485.